The van der Waals surface area contributed by atoms with Crippen LogP contribution in [0.3, 0.4) is 0 Å². The van der Waals surface area contributed by atoms with Gasteiger partial charge in [-0.2, -0.15) is 0 Å². The molecule has 0 amide bonds. The second kappa shape index (κ2) is 5.51. The molecular formula is C13H11ClN2O2. The van der Waals surface area contributed by atoms with E-state index in [0.717, 1.165) is 5.56 Å². The number of aromatic amines is 1. The van der Waals surface area contributed by atoms with E-state index in [1.807, 2.05) is 6.07 Å². The summed E-state index contributed by atoms with van der Waals surface area (Å²) in [6.07, 6.45) is 3.55. The van der Waals surface area contributed by atoms with E-state index in [1.54, 1.807) is 43.6 Å². The molecule has 0 unspecified atom stereocenters. The Kier molecular flexibility index (Phi) is 3.79. The summed E-state index contributed by atoms with van der Waals surface area (Å²) in [5.74, 6) is -0.512. The molecule has 92 valence electrons. The predicted octanol–water partition coefficient (Wildman–Crippen LogP) is 3.25. The second-order valence-corrected chi connectivity index (χ2v) is 4.10. The van der Waals surface area contributed by atoms with Crippen LogP contribution in [0.5, 0.6) is 0 Å². The zero-order chi connectivity index (χ0) is 13.0. The Balaban J connectivity index is 2.04. The summed E-state index contributed by atoms with van der Waals surface area (Å²) < 4.78 is 0. The van der Waals surface area contributed by atoms with Gasteiger partial charge in [-0.3, -0.25) is 0 Å². The Morgan fingerprint density at radius 3 is 2.56 bits per heavy atom. The molecule has 0 aliphatic rings. The molecule has 0 aliphatic heterocycles. The lowest BCUT2D eigenvalue weighted by molar-refractivity contribution is 0.0516. The van der Waals surface area contributed by atoms with Gasteiger partial charge in [-0.15, -0.1) is 0 Å². The van der Waals surface area contributed by atoms with E-state index in [9.17, 15) is 4.79 Å². The van der Waals surface area contributed by atoms with E-state index in [2.05, 4.69) is 10.1 Å². The van der Waals surface area contributed by atoms with Crippen molar-refractivity contribution >= 4 is 23.3 Å². The maximum absolute atomic E-state index is 11.6. The zero-order valence-corrected chi connectivity index (χ0v) is 10.4. The Bertz CT molecular complexity index is 559. The number of hydrogen-bond acceptors (Lipinski definition) is 3. The molecule has 1 heterocycles. The predicted molar refractivity (Wildman–Crippen MR) is 69.9 cm³/mol. The van der Waals surface area contributed by atoms with Crippen molar-refractivity contribution < 1.29 is 9.63 Å². The van der Waals surface area contributed by atoms with Gasteiger partial charge in [-0.25, -0.2) is 4.79 Å². The lowest BCUT2D eigenvalue weighted by atomic mass is 10.2. The van der Waals surface area contributed by atoms with Gasteiger partial charge in [0.1, 0.15) is 0 Å². The van der Waals surface area contributed by atoms with E-state index in [0.29, 0.717) is 16.3 Å². The Morgan fingerprint density at radius 2 is 1.94 bits per heavy atom. The summed E-state index contributed by atoms with van der Waals surface area (Å²) in [5, 5.41) is 4.35. The van der Waals surface area contributed by atoms with Crippen LogP contribution in [0.25, 0.3) is 0 Å². The van der Waals surface area contributed by atoms with Crippen LogP contribution in [0.4, 0.5) is 0 Å². The van der Waals surface area contributed by atoms with Gasteiger partial charge in [0, 0.05) is 23.0 Å². The fourth-order valence-corrected chi connectivity index (χ4v) is 1.48. The number of carbonyl (C=O) groups excluding carboxylic acids is 1. The summed E-state index contributed by atoms with van der Waals surface area (Å²) in [6, 6.07) is 8.27. The number of nitrogens with one attached hydrogen (secondary N) is 1. The summed E-state index contributed by atoms with van der Waals surface area (Å²) >= 11 is 5.73. The topological polar surface area (TPSA) is 54.4 Å². The van der Waals surface area contributed by atoms with Crippen molar-refractivity contribution in [3.8, 4) is 0 Å². The molecule has 2 rings (SSSR count). The lowest BCUT2D eigenvalue weighted by Gasteiger charge is -1.99. The molecule has 1 aromatic heterocycles. The zero-order valence-electron chi connectivity index (χ0n) is 9.68. The standard InChI is InChI=1S/C13H11ClN2O2/c1-9(11-6-7-15-8-11)16-18-13(17)10-2-4-12(14)5-3-10/h2-8,15H,1H3/b16-9+. The summed E-state index contributed by atoms with van der Waals surface area (Å²) in [4.78, 5) is 19.4. The number of benzene rings is 1. The SMILES string of the molecule is C/C(=N\OC(=O)c1ccc(Cl)cc1)c1cc[nH]c1. The lowest BCUT2D eigenvalue weighted by Crippen LogP contribution is -2.03. The Hall–Kier alpha value is -2.07. The van der Waals surface area contributed by atoms with Crippen molar-refractivity contribution in [3.05, 3.63) is 58.9 Å². The normalized spacial score (nSPS) is 11.3. The second-order valence-electron chi connectivity index (χ2n) is 3.66. The summed E-state index contributed by atoms with van der Waals surface area (Å²) in [7, 11) is 0. The first-order valence-corrected chi connectivity index (χ1v) is 5.69. The number of carbonyl (C=O) groups is 1. The van der Waals surface area contributed by atoms with Crippen LogP contribution in [0.15, 0.2) is 47.9 Å². The van der Waals surface area contributed by atoms with Crippen LogP contribution in [-0.2, 0) is 4.84 Å². The minimum Gasteiger partial charge on any atom is -0.367 e. The first-order valence-electron chi connectivity index (χ1n) is 5.31. The van der Waals surface area contributed by atoms with Crippen molar-refractivity contribution in [2.75, 3.05) is 0 Å². The highest BCUT2D eigenvalue weighted by Gasteiger charge is 2.07. The molecule has 18 heavy (non-hydrogen) atoms. The monoisotopic (exact) mass is 262 g/mol. The third-order valence-corrected chi connectivity index (χ3v) is 2.61. The molecule has 0 radical (unpaired) electrons. The van der Waals surface area contributed by atoms with Crippen LogP contribution >= 0.6 is 11.6 Å². The third kappa shape index (κ3) is 2.99. The number of H-pyrrole nitrogens is 1. The number of oxime groups is 1. The summed E-state index contributed by atoms with van der Waals surface area (Å²) in [6.45, 7) is 1.76. The molecule has 2 aromatic rings. The van der Waals surface area contributed by atoms with Crippen LogP contribution in [-0.4, -0.2) is 16.7 Å². The average molecular weight is 263 g/mol. The highest BCUT2D eigenvalue weighted by molar-refractivity contribution is 6.30. The van der Waals surface area contributed by atoms with Gasteiger partial charge in [-0.1, -0.05) is 16.8 Å². The minimum atomic E-state index is -0.512. The molecule has 0 saturated heterocycles. The van der Waals surface area contributed by atoms with Gasteiger partial charge in [-0.05, 0) is 37.3 Å². The van der Waals surface area contributed by atoms with Crippen LogP contribution in [0.2, 0.25) is 5.02 Å². The van der Waals surface area contributed by atoms with Crippen molar-refractivity contribution in [1.29, 1.82) is 0 Å². The van der Waals surface area contributed by atoms with Gasteiger partial charge >= 0.3 is 5.97 Å². The Morgan fingerprint density at radius 1 is 1.22 bits per heavy atom. The van der Waals surface area contributed by atoms with Crippen molar-refractivity contribution in [2.45, 2.75) is 6.92 Å². The smallest absolute Gasteiger partial charge is 0.365 e. The van der Waals surface area contributed by atoms with Crippen LogP contribution in [0.1, 0.15) is 22.8 Å². The number of halogens is 1. The highest BCUT2D eigenvalue weighted by Crippen LogP contribution is 2.10. The van der Waals surface area contributed by atoms with Crippen molar-refractivity contribution in [3.63, 3.8) is 0 Å². The molecular weight excluding hydrogens is 252 g/mol. The average Bonchev–Trinajstić information content (AvgIpc) is 2.90. The first kappa shape index (κ1) is 12.4. The van der Waals surface area contributed by atoms with Gasteiger partial charge in [0.2, 0.25) is 0 Å². The van der Waals surface area contributed by atoms with E-state index >= 15 is 0 Å². The number of hydrogen-bond donors (Lipinski definition) is 1. The molecule has 0 fully saturated rings. The molecule has 0 atom stereocenters. The van der Waals surface area contributed by atoms with Crippen LogP contribution < -0.4 is 0 Å². The fraction of sp³-hybridized carbons (Fsp3) is 0.0769. The molecule has 1 aromatic carbocycles. The highest BCUT2D eigenvalue weighted by atomic mass is 35.5. The molecule has 0 bridgehead atoms. The third-order valence-electron chi connectivity index (χ3n) is 2.36. The van der Waals surface area contributed by atoms with Gasteiger partial charge in [0.25, 0.3) is 0 Å². The Labute approximate surface area is 109 Å². The van der Waals surface area contributed by atoms with Gasteiger partial charge in [0.05, 0.1) is 11.3 Å². The van der Waals surface area contributed by atoms with Crippen molar-refractivity contribution in [1.82, 2.24) is 4.98 Å². The number of rotatable bonds is 3. The largest absolute Gasteiger partial charge is 0.367 e. The van der Waals surface area contributed by atoms with Crippen molar-refractivity contribution in [2.24, 2.45) is 5.16 Å². The molecule has 1 N–H and O–H groups in total. The summed E-state index contributed by atoms with van der Waals surface area (Å²) in [5.41, 5.74) is 1.91. The fourth-order valence-electron chi connectivity index (χ4n) is 1.35. The molecule has 5 heteroatoms. The minimum absolute atomic E-state index is 0.407. The van der Waals surface area contributed by atoms with E-state index in [1.165, 1.54) is 0 Å². The molecule has 0 saturated carbocycles. The maximum atomic E-state index is 11.6. The quantitative estimate of drug-likeness (QED) is 0.524. The molecule has 4 nitrogen and oxygen atoms in total. The molecule has 0 aliphatic carbocycles. The van der Waals surface area contributed by atoms with Crippen LogP contribution in [0, 0.1) is 0 Å². The number of nitrogens with zero attached hydrogens (tertiary/aromatic N) is 1. The molecule has 0 spiro atoms. The first-order chi connectivity index (χ1) is 8.66. The maximum Gasteiger partial charge on any atom is 0.365 e. The van der Waals surface area contributed by atoms with Gasteiger partial charge < -0.3 is 9.82 Å². The number of aromatic nitrogens is 1. The van der Waals surface area contributed by atoms with Gasteiger partial charge in [0.15, 0.2) is 0 Å². The van der Waals surface area contributed by atoms with E-state index in [-0.39, 0.29) is 0 Å². The van der Waals surface area contributed by atoms with E-state index in [4.69, 9.17) is 16.4 Å². The van der Waals surface area contributed by atoms with E-state index < -0.39 is 5.97 Å².